The minimum Gasteiger partial charge on any atom is -0.455 e. The summed E-state index contributed by atoms with van der Waals surface area (Å²) in [7, 11) is 0. The van der Waals surface area contributed by atoms with Gasteiger partial charge in [-0.25, -0.2) is 4.39 Å². The van der Waals surface area contributed by atoms with Crippen molar-refractivity contribution in [3.63, 3.8) is 0 Å². The summed E-state index contributed by atoms with van der Waals surface area (Å²) in [6, 6.07) is 7.94. The van der Waals surface area contributed by atoms with Gasteiger partial charge in [0.1, 0.15) is 11.4 Å². The number of hydrogen-bond donors (Lipinski definition) is 1. The second-order valence-electron chi connectivity index (χ2n) is 5.71. The summed E-state index contributed by atoms with van der Waals surface area (Å²) >= 11 is 1.20. The molecular formula is C17H19FN2O3S. The van der Waals surface area contributed by atoms with E-state index in [2.05, 4.69) is 11.4 Å². The number of carbonyl (C=O) groups is 2. The Balaban J connectivity index is 1.72. The van der Waals surface area contributed by atoms with Gasteiger partial charge < -0.3 is 10.1 Å². The molecule has 1 amide bonds. The number of halogens is 1. The Morgan fingerprint density at radius 2 is 1.92 bits per heavy atom. The second kappa shape index (κ2) is 8.69. The first-order valence-electron chi connectivity index (χ1n) is 7.79. The Hall–Kier alpha value is -2.07. The van der Waals surface area contributed by atoms with Crippen LogP contribution in [-0.4, -0.2) is 29.8 Å². The van der Waals surface area contributed by atoms with Gasteiger partial charge >= 0.3 is 5.97 Å². The maximum absolute atomic E-state index is 12.8. The number of amides is 1. The topological polar surface area (TPSA) is 79.2 Å². The molecule has 0 saturated heterocycles. The minimum atomic E-state index is -0.829. The van der Waals surface area contributed by atoms with Crippen molar-refractivity contribution >= 4 is 23.6 Å². The zero-order chi connectivity index (χ0) is 17.4. The number of benzene rings is 1. The Morgan fingerprint density at radius 1 is 1.25 bits per heavy atom. The number of rotatable bonds is 6. The lowest BCUT2D eigenvalue weighted by Gasteiger charge is -2.31. The molecule has 1 aromatic carbocycles. The Kier molecular flexibility index (Phi) is 6.62. The molecule has 1 aliphatic carbocycles. The van der Waals surface area contributed by atoms with Crippen LogP contribution in [0.1, 0.15) is 32.1 Å². The van der Waals surface area contributed by atoms with Gasteiger partial charge in [0.25, 0.3) is 5.91 Å². The number of hydrogen-bond acceptors (Lipinski definition) is 5. The highest BCUT2D eigenvalue weighted by Crippen LogP contribution is 2.27. The lowest BCUT2D eigenvalue weighted by Crippen LogP contribution is -2.50. The minimum absolute atomic E-state index is 0.0301. The fourth-order valence-electron chi connectivity index (χ4n) is 2.58. The van der Waals surface area contributed by atoms with Gasteiger partial charge in [-0.1, -0.05) is 19.3 Å². The molecule has 1 fully saturated rings. The number of ether oxygens (including phenoxy) is 1. The van der Waals surface area contributed by atoms with Gasteiger partial charge in [0, 0.05) is 4.90 Å². The van der Waals surface area contributed by atoms with Crippen LogP contribution in [-0.2, 0) is 14.3 Å². The highest BCUT2D eigenvalue weighted by molar-refractivity contribution is 8.00. The van der Waals surface area contributed by atoms with Gasteiger partial charge in [-0.2, -0.15) is 5.26 Å². The summed E-state index contributed by atoms with van der Waals surface area (Å²) in [5, 5.41) is 12.0. The normalized spacial score (nSPS) is 16.0. The molecule has 1 aliphatic rings. The fraction of sp³-hybridized carbons (Fsp3) is 0.471. The van der Waals surface area contributed by atoms with Gasteiger partial charge in [-0.15, -0.1) is 11.8 Å². The van der Waals surface area contributed by atoms with Crippen molar-refractivity contribution in [3.05, 3.63) is 30.1 Å². The maximum atomic E-state index is 12.8. The fourth-order valence-corrected chi connectivity index (χ4v) is 3.28. The van der Waals surface area contributed by atoms with Crippen molar-refractivity contribution in [1.82, 2.24) is 5.32 Å². The van der Waals surface area contributed by atoms with Crippen LogP contribution in [0.3, 0.4) is 0 Å². The SMILES string of the molecule is N#CC1(NC(=O)COC(=O)CSc2ccc(F)cc2)CCCCC1. The number of nitrogens with one attached hydrogen (secondary N) is 1. The van der Waals surface area contributed by atoms with Crippen molar-refractivity contribution in [1.29, 1.82) is 5.26 Å². The Labute approximate surface area is 144 Å². The average Bonchev–Trinajstić information content (AvgIpc) is 2.60. The smallest absolute Gasteiger partial charge is 0.316 e. The molecular weight excluding hydrogens is 331 g/mol. The Morgan fingerprint density at radius 3 is 2.54 bits per heavy atom. The van der Waals surface area contributed by atoms with Crippen molar-refractivity contribution in [3.8, 4) is 6.07 Å². The quantitative estimate of drug-likeness (QED) is 0.630. The average molecular weight is 350 g/mol. The number of nitrogens with zero attached hydrogens (tertiary/aromatic N) is 1. The van der Waals surface area contributed by atoms with Gasteiger partial charge in [0.05, 0.1) is 11.8 Å². The van der Waals surface area contributed by atoms with Crippen LogP contribution in [0.5, 0.6) is 0 Å². The Bertz CT molecular complexity index is 622. The van der Waals surface area contributed by atoms with Crippen molar-refractivity contribution in [2.75, 3.05) is 12.4 Å². The molecule has 0 radical (unpaired) electrons. The number of nitriles is 1. The van der Waals surface area contributed by atoms with E-state index in [-0.39, 0.29) is 11.6 Å². The zero-order valence-electron chi connectivity index (χ0n) is 13.2. The third kappa shape index (κ3) is 5.53. The first-order valence-corrected chi connectivity index (χ1v) is 8.78. The first kappa shape index (κ1) is 18.3. The van der Waals surface area contributed by atoms with E-state index in [9.17, 15) is 19.2 Å². The predicted molar refractivity (Wildman–Crippen MR) is 87.7 cm³/mol. The third-order valence-electron chi connectivity index (χ3n) is 3.83. The van der Waals surface area contributed by atoms with Crippen LogP contribution < -0.4 is 5.32 Å². The highest BCUT2D eigenvalue weighted by Gasteiger charge is 2.33. The van der Waals surface area contributed by atoms with Crippen LogP contribution in [0.2, 0.25) is 0 Å². The predicted octanol–water partition coefficient (Wildman–Crippen LogP) is 2.80. The van der Waals surface area contributed by atoms with E-state index >= 15 is 0 Å². The number of carbonyl (C=O) groups excluding carboxylic acids is 2. The van der Waals surface area contributed by atoms with E-state index in [0.717, 1.165) is 24.2 Å². The van der Waals surface area contributed by atoms with E-state index in [1.165, 1.54) is 23.9 Å². The molecule has 0 aromatic heterocycles. The summed E-state index contributed by atoms with van der Waals surface area (Å²) in [5.74, 6) is -1.30. The molecule has 0 unspecified atom stereocenters. The zero-order valence-corrected chi connectivity index (χ0v) is 14.0. The molecule has 1 aromatic rings. The van der Waals surface area contributed by atoms with Gasteiger partial charge in [-0.3, -0.25) is 9.59 Å². The van der Waals surface area contributed by atoms with E-state index in [0.29, 0.717) is 12.8 Å². The lowest BCUT2D eigenvalue weighted by molar-refractivity contribution is -0.146. The molecule has 0 spiro atoms. The maximum Gasteiger partial charge on any atom is 0.316 e. The van der Waals surface area contributed by atoms with Crippen LogP contribution in [0.25, 0.3) is 0 Å². The van der Waals surface area contributed by atoms with E-state index < -0.39 is 24.0 Å². The highest BCUT2D eigenvalue weighted by atomic mass is 32.2. The van der Waals surface area contributed by atoms with Crippen LogP contribution >= 0.6 is 11.8 Å². The van der Waals surface area contributed by atoms with Gasteiger partial charge in [0.2, 0.25) is 0 Å². The molecule has 7 heteroatoms. The summed E-state index contributed by atoms with van der Waals surface area (Å²) < 4.78 is 17.7. The first-order chi connectivity index (χ1) is 11.5. The lowest BCUT2D eigenvalue weighted by atomic mass is 9.83. The summed E-state index contributed by atoms with van der Waals surface area (Å²) in [4.78, 5) is 24.3. The van der Waals surface area contributed by atoms with Crippen molar-refractivity contribution < 1.29 is 18.7 Å². The van der Waals surface area contributed by atoms with Crippen molar-refractivity contribution in [2.45, 2.75) is 42.5 Å². The summed E-state index contributed by atoms with van der Waals surface area (Å²) in [5.41, 5.74) is -0.829. The largest absolute Gasteiger partial charge is 0.455 e. The molecule has 128 valence electrons. The van der Waals surface area contributed by atoms with Gasteiger partial charge in [0.15, 0.2) is 6.61 Å². The molecule has 2 rings (SSSR count). The van der Waals surface area contributed by atoms with E-state index in [1.54, 1.807) is 12.1 Å². The molecule has 0 bridgehead atoms. The molecule has 5 nitrogen and oxygen atoms in total. The summed E-state index contributed by atoms with van der Waals surface area (Å²) in [6.45, 7) is -0.397. The third-order valence-corrected chi connectivity index (χ3v) is 4.82. The summed E-state index contributed by atoms with van der Waals surface area (Å²) in [6.07, 6.45) is 4.13. The second-order valence-corrected chi connectivity index (χ2v) is 6.75. The molecule has 1 saturated carbocycles. The van der Waals surface area contributed by atoms with Crippen LogP contribution in [0, 0.1) is 17.1 Å². The molecule has 0 heterocycles. The van der Waals surface area contributed by atoms with Gasteiger partial charge in [-0.05, 0) is 37.1 Å². The molecule has 0 aliphatic heterocycles. The van der Waals surface area contributed by atoms with Crippen LogP contribution in [0.15, 0.2) is 29.2 Å². The molecule has 1 N–H and O–H groups in total. The standard InChI is InChI=1S/C17H19FN2O3S/c18-13-4-6-14(7-5-13)24-11-16(22)23-10-15(21)20-17(12-19)8-2-1-3-9-17/h4-7H,1-3,8-11H2,(H,20,21). The van der Waals surface area contributed by atoms with Crippen molar-refractivity contribution in [2.24, 2.45) is 0 Å². The number of esters is 1. The van der Waals surface area contributed by atoms with E-state index in [1.807, 2.05) is 0 Å². The molecule has 0 atom stereocenters. The van der Waals surface area contributed by atoms with E-state index in [4.69, 9.17) is 4.74 Å². The van der Waals surface area contributed by atoms with Crippen LogP contribution in [0.4, 0.5) is 4.39 Å². The molecule has 24 heavy (non-hydrogen) atoms. The number of thioether (sulfide) groups is 1. The monoisotopic (exact) mass is 350 g/mol.